The van der Waals surface area contributed by atoms with Gasteiger partial charge in [-0.2, -0.15) is 0 Å². The zero-order valence-electron chi connectivity index (χ0n) is 27.7. The van der Waals surface area contributed by atoms with Crippen molar-refractivity contribution in [3.05, 3.63) is 0 Å². The van der Waals surface area contributed by atoms with Crippen molar-refractivity contribution in [1.82, 2.24) is 5.48 Å². The number of carbonyl (C=O) groups is 1. The van der Waals surface area contributed by atoms with Crippen LogP contribution < -0.4 is 5.48 Å². The normalized spacial score (nSPS) is 19.5. The van der Waals surface area contributed by atoms with E-state index < -0.39 is 8.80 Å². The van der Waals surface area contributed by atoms with Crippen LogP contribution in [0.3, 0.4) is 0 Å². The van der Waals surface area contributed by atoms with Gasteiger partial charge in [-0.05, 0) is 38.0 Å². The summed E-state index contributed by atoms with van der Waals surface area (Å²) in [5.41, 5.74) is 3.21. The van der Waals surface area contributed by atoms with Crippen molar-refractivity contribution in [3.63, 3.8) is 0 Å². The molecule has 0 amide bonds. The molecule has 9 heteroatoms. The standard InChI is InChI=1S/C33H67NO6SSi/c1-4-7-10-12-13-14-15-16-17-21-33(35)41-29-19-30-42(38-24-22-32(20-9-6-3)31-34-40-42)39-28-27-37-26-25-36-23-18-11-8-5-2/h32,34H,4-31H2,1-3H3. The number of unbranched alkanes of at least 4 members (excludes halogenated alkanes) is 12. The Morgan fingerprint density at radius 1 is 0.762 bits per heavy atom. The average molecular weight is 634 g/mol. The summed E-state index contributed by atoms with van der Waals surface area (Å²) in [6.07, 6.45) is 22.5. The SMILES string of the molecule is CCCCCCCCCCCC(=O)SCCC[Si]1(OCCOCCOCCCCCC)OCCC(CCCC)CNO1. The second-order valence-electron chi connectivity index (χ2n) is 11.8. The second kappa shape index (κ2) is 29.7. The summed E-state index contributed by atoms with van der Waals surface area (Å²) in [5, 5.41) is 0.312. The molecule has 250 valence electrons. The van der Waals surface area contributed by atoms with Gasteiger partial charge in [0.25, 0.3) is 0 Å². The molecule has 2 unspecified atom stereocenters. The molecule has 1 aliphatic rings. The van der Waals surface area contributed by atoms with E-state index in [0.717, 1.165) is 44.6 Å². The predicted molar refractivity (Wildman–Crippen MR) is 179 cm³/mol. The van der Waals surface area contributed by atoms with Crippen LogP contribution in [0.2, 0.25) is 6.04 Å². The molecule has 0 aliphatic carbocycles. The molecule has 1 rings (SSSR count). The minimum Gasteiger partial charge on any atom is -0.379 e. The number of rotatable bonds is 29. The van der Waals surface area contributed by atoms with Gasteiger partial charge in [0, 0.05) is 38.0 Å². The van der Waals surface area contributed by atoms with E-state index in [4.69, 9.17) is 22.9 Å². The van der Waals surface area contributed by atoms with Gasteiger partial charge in [0.05, 0.1) is 26.4 Å². The molecular weight excluding hydrogens is 567 g/mol. The number of hydrogen-bond acceptors (Lipinski definition) is 8. The van der Waals surface area contributed by atoms with Gasteiger partial charge < -0.3 is 18.3 Å². The molecule has 1 aliphatic heterocycles. The van der Waals surface area contributed by atoms with Crippen LogP contribution in [0.1, 0.15) is 143 Å². The highest BCUT2D eigenvalue weighted by atomic mass is 32.2. The molecule has 0 aromatic rings. The number of carbonyl (C=O) groups excluding carboxylic acids is 1. The van der Waals surface area contributed by atoms with Crippen LogP contribution >= 0.6 is 11.8 Å². The third-order valence-electron chi connectivity index (χ3n) is 7.85. The Morgan fingerprint density at radius 3 is 2.10 bits per heavy atom. The molecule has 42 heavy (non-hydrogen) atoms. The number of hydrogen-bond donors (Lipinski definition) is 1. The number of hydroxylamine groups is 1. The average Bonchev–Trinajstić information content (AvgIpc) is 2.98. The van der Waals surface area contributed by atoms with E-state index in [1.165, 1.54) is 102 Å². The molecule has 1 N–H and O–H groups in total. The van der Waals surface area contributed by atoms with Gasteiger partial charge in [0.15, 0.2) is 5.12 Å². The molecule has 0 spiro atoms. The summed E-state index contributed by atoms with van der Waals surface area (Å²) >= 11 is 1.46. The summed E-state index contributed by atoms with van der Waals surface area (Å²) in [6, 6.07) is 0.707. The second-order valence-corrected chi connectivity index (χ2v) is 15.6. The third-order valence-corrected chi connectivity index (χ3v) is 11.6. The maximum atomic E-state index is 12.4. The number of ether oxygens (including phenoxy) is 2. The summed E-state index contributed by atoms with van der Waals surface area (Å²) in [7, 11) is -2.89. The van der Waals surface area contributed by atoms with E-state index in [1.807, 2.05) is 0 Å². The molecule has 0 bridgehead atoms. The zero-order chi connectivity index (χ0) is 30.4. The van der Waals surface area contributed by atoms with Crippen molar-refractivity contribution in [2.24, 2.45) is 5.92 Å². The monoisotopic (exact) mass is 633 g/mol. The van der Waals surface area contributed by atoms with Gasteiger partial charge in [-0.15, -0.1) is 0 Å². The van der Waals surface area contributed by atoms with E-state index >= 15 is 0 Å². The molecule has 0 radical (unpaired) electrons. The van der Waals surface area contributed by atoms with Crippen molar-refractivity contribution in [2.75, 3.05) is 51.9 Å². The maximum Gasteiger partial charge on any atom is 0.518 e. The van der Waals surface area contributed by atoms with E-state index in [0.29, 0.717) is 56.5 Å². The molecule has 1 fully saturated rings. The minimum absolute atomic E-state index is 0.312. The lowest BCUT2D eigenvalue weighted by Gasteiger charge is -2.33. The van der Waals surface area contributed by atoms with Crippen LogP contribution in [0.4, 0.5) is 0 Å². The van der Waals surface area contributed by atoms with Crippen LogP contribution in [-0.2, 0) is 27.6 Å². The van der Waals surface area contributed by atoms with Crippen molar-refractivity contribution >= 4 is 25.7 Å². The largest absolute Gasteiger partial charge is 0.518 e. The first-order chi connectivity index (χ1) is 20.7. The van der Waals surface area contributed by atoms with Crippen molar-refractivity contribution in [2.45, 2.75) is 149 Å². The van der Waals surface area contributed by atoms with E-state index in [9.17, 15) is 4.79 Å². The quantitative estimate of drug-likeness (QED) is 0.0647. The molecule has 2 atom stereocenters. The zero-order valence-corrected chi connectivity index (χ0v) is 29.6. The smallest absolute Gasteiger partial charge is 0.379 e. The first-order valence-electron chi connectivity index (χ1n) is 17.7. The summed E-state index contributed by atoms with van der Waals surface area (Å²) < 4.78 is 30.3. The van der Waals surface area contributed by atoms with Crippen LogP contribution in [0.25, 0.3) is 0 Å². The van der Waals surface area contributed by atoms with Gasteiger partial charge >= 0.3 is 8.80 Å². The molecule has 1 heterocycles. The highest BCUT2D eigenvalue weighted by molar-refractivity contribution is 8.13. The molecule has 0 aromatic carbocycles. The topological polar surface area (TPSA) is 75.3 Å². The highest BCUT2D eigenvalue weighted by Crippen LogP contribution is 2.24. The third kappa shape index (κ3) is 23.4. The van der Waals surface area contributed by atoms with Crippen LogP contribution in [-0.4, -0.2) is 65.9 Å². The van der Waals surface area contributed by atoms with Crippen molar-refractivity contribution in [1.29, 1.82) is 0 Å². The maximum absolute atomic E-state index is 12.4. The Morgan fingerprint density at radius 2 is 1.38 bits per heavy atom. The lowest BCUT2D eigenvalue weighted by Crippen LogP contribution is -2.52. The van der Waals surface area contributed by atoms with Crippen LogP contribution in [0, 0.1) is 5.92 Å². The van der Waals surface area contributed by atoms with Crippen LogP contribution in [0.15, 0.2) is 0 Å². The Hall–Kier alpha value is -0.00312. The molecule has 0 saturated carbocycles. The van der Waals surface area contributed by atoms with Crippen molar-refractivity contribution < 1.29 is 27.6 Å². The summed E-state index contributed by atoms with van der Waals surface area (Å²) in [5.74, 6) is 1.35. The molecule has 1 saturated heterocycles. The lowest BCUT2D eigenvalue weighted by molar-refractivity contribution is -0.111. The predicted octanol–water partition coefficient (Wildman–Crippen LogP) is 8.87. The summed E-state index contributed by atoms with van der Waals surface area (Å²) in [6.45, 7) is 11.1. The molecule has 7 nitrogen and oxygen atoms in total. The van der Waals surface area contributed by atoms with Gasteiger partial charge in [0.2, 0.25) is 0 Å². The van der Waals surface area contributed by atoms with E-state index in [-0.39, 0.29) is 0 Å². The van der Waals surface area contributed by atoms with Crippen molar-refractivity contribution in [3.8, 4) is 0 Å². The Kier molecular flexibility index (Phi) is 28.3. The fourth-order valence-corrected chi connectivity index (χ4v) is 8.51. The van der Waals surface area contributed by atoms with Crippen LogP contribution in [0.5, 0.6) is 0 Å². The van der Waals surface area contributed by atoms with Gasteiger partial charge in [-0.3, -0.25) is 9.32 Å². The van der Waals surface area contributed by atoms with Gasteiger partial charge in [-0.25, -0.2) is 5.48 Å². The Bertz CT molecular complexity index is 593. The number of nitrogens with one attached hydrogen (secondary N) is 1. The highest BCUT2D eigenvalue weighted by Gasteiger charge is 2.42. The fourth-order valence-electron chi connectivity index (χ4n) is 5.12. The van der Waals surface area contributed by atoms with E-state index in [2.05, 4.69) is 26.3 Å². The number of thioether (sulfide) groups is 1. The molecule has 0 aromatic heterocycles. The first kappa shape index (κ1) is 40.0. The van der Waals surface area contributed by atoms with E-state index in [1.54, 1.807) is 0 Å². The summed E-state index contributed by atoms with van der Waals surface area (Å²) in [4.78, 5) is 12.4. The first-order valence-corrected chi connectivity index (χ1v) is 20.6. The lowest BCUT2D eigenvalue weighted by atomic mass is 9.99. The minimum atomic E-state index is -2.89. The Balaban J connectivity index is 2.30. The molecular formula is C33H67NO6SSi. The fraction of sp³-hybridized carbons (Fsp3) is 0.970. The van der Waals surface area contributed by atoms with Gasteiger partial charge in [0.1, 0.15) is 0 Å². The van der Waals surface area contributed by atoms with Gasteiger partial charge in [-0.1, -0.05) is 116 Å². The Labute approximate surface area is 265 Å².